The van der Waals surface area contributed by atoms with E-state index in [4.69, 9.17) is 4.52 Å². The quantitative estimate of drug-likeness (QED) is 0.338. The normalized spacial score (nSPS) is 14.4. The number of sulfone groups is 1. The molecule has 2 heterocycles. The molecule has 2 atom stereocenters. The second-order valence-electron chi connectivity index (χ2n) is 8.65. The molecule has 0 aliphatic rings. The number of pyridine rings is 1. The lowest BCUT2D eigenvalue weighted by molar-refractivity contribution is 0.0928. The summed E-state index contributed by atoms with van der Waals surface area (Å²) in [4.78, 5) is 17.0. The van der Waals surface area contributed by atoms with E-state index in [1.807, 2.05) is 30.3 Å². The summed E-state index contributed by atoms with van der Waals surface area (Å²) in [5, 5.41) is 28.2. The largest absolute Gasteiger partial charge is 0.507 e. The van der Waals surface area contributed by atoms with Crippen LogP contribution in [0.4, 0.5) is 0 Å². The van der Waals surface area contributed by atoms with Crippen LogP contribution in [0, 0.1) is 0 Å². The molecule has 2 aromatic carbocycles. The summed E-state index contributed by atoms with van der Waals surface area (Å²) in [6.07, 6.45) is -0.526. The Morgan fingerprint density at radius 3 is 2.54 bits per heavy atom. The number of phenols is 1. The van der Waals surface area contributed by atoms with Crippen LogP contribution in [-0.2, 0) is 9.84 Å². The zero-order chi connectivity index (χ0) is 25.2. The van der Waals surface area contributed by atoms with Gasteiger partial charge in [-0.05, 0) is 31.2 Å². The lowest BCUT2D eigenvalue weighted by Gasteiger charge is -2.29. The molecule has 2 aromatic heterocycles. The highest BCUT2D eigenvalue weighted by molar-refractivity contribution is 7.92. The van der Waals surface area contributed by atoms with Gasteiger partial charge in [0.15, 0.2) is 15.6 Å². The number of benzene rings is 2. The van der Waals surface area contributed by atoms with Gasteiger partial charge in [0.2, 0.25) is 0 Å². The minimum absolute atomic E-state index is 0.0201. The molecule has 0 spiro atoms. The molecule has 2 unspecified atom stereocenters. The molecule has 10 heteroatoms. The number of hydrogen-bond acceptors (Lipinski definition) is 8. The summed E-state index contributed by atoms with van der Waals surface area (Å²) in [5.41, 5.74) is 1.75. The lowest BCUT2D eigenvalue weighted by atomic mass is 10.00. The van der Waals surface area contributed by atoms with Crippen molar-refractivity contribution >= 4 is 26.6 Å². The number of aliphatic hydroxyl groups excluding tert-OH is 1. The summed E-state index contributed by atoms with van der Waals surface area (Å²) < 4.78 is 29.0. The topological polar surface area (TPSA) is 143 Å². The van der Waals surface area contributed by atoms with Gasteiger partial charge in [-0.15, -0.1) is 0 Å². The number of aromatic hydroxyl groups is 1. The minimum Gasteiger partial charge on any atom is -0.507 e. The maximum Gasteiger partial charge on any atom is 0.255 e. The number of fused-ring (bicyclic) bond motifs is 1. The zero-order valence-electron chi connectivity index (χ0n) is 19.2. The monoisotopic (exact) mass is 495 g/mol. The average molecular weight is 496 g/mol. The zero-order valence-corrected chi connectivity index (χ0v) is 20.0. The summed E-state index contributed by atoms with van der Waals surface area (Å²) in [6, 6.07) is 18.7. The molecule has 3 N–H and O–H groups in total. The van der Waals surface area contributed by atoms with Crippen molar-refractivity contribution < 1.29 is 27.9 Å². The van der Waals surface area contributed by atoms with E-state index in [2.05, 4.69) is 15.5 Å². The first-order valence-electron chi connectivity index (χ1n) is 10.8. The fraction of sp³-hybridized carbons (Fsp3) is 0.240. The predicted molar refractivity (Wildman–Crippen MR) is 131 cm³/mol. The number of amides is 1. The van der Waals surface area contributed by atoms with E-state index >= 15 is 0 Å². The number of carbonyl (C=O) groups excluding carboxylic acids is 1. The van der Waals surface area contributed by atoms with E-state index in [-0.39, 0.29) is 30.0 Å². The number of aliphatic hydroxyl groups is 1. The fourth-order valence-corrected chi connectivity index (χ4v) is 4.46. The van der Waals surface area contributed by atoms with Gasteiger partial charge in [0.05, 0.1) is 21.5 Å². The van der Waals surface area contributed by atoms with Crippen molar-refractivity contribution in [2.45, 2.75) is 24.2 Å². The van der Waals surface area contributed by atoms with E-state index < -0.39 is 26.6 Å². The van der Waals surface area contributed by atoms with E-state index in [0.29, 0.717) is 11.4 Å². The van der Waals surface area contributed by atoms with Gasteiger partial charge < -0.3 is 20.1 Å². The molecule has 0 aliphatic heterocycles. The maximum atomic E-state index is 12.6. The van der Waals surface area contributed by atoms with Crippen LogP contribution < -0.4 is 5.32 Å². The second-order valence-corrected chi connectivity index (χ2v) is 11.2. The van der Waals surface area contributed by atoms with E-state index in [0.717, 1.165) is 17.2 Å². The third-order valence-electron chi connectivity index (χ3n) is 6.01. The number of carbonyl (C=O) groups is 1. The van der Waals surface area contributed by atoms with Crippen LogP contribution in [0.15, 0.2) is 71.3 Å². The third kappa shape index (κ3) is 5.18. The maximum absolute atomic E-state index is 12.6. The highest BCUT2D eigenvalue weighted by Crippen LogP contribution is 2.31. The Morgan fingerprint density at radius 1 is 1.09 bits per heavy atom. The smallest absolute Gasteiger partial charge is 0.255 e. The number of para-hydroxylation sites is 2. The predicted octanol–water partition coefficient (Wildman–Crippen LogP) is 3.25. The summed E-state index contributed by atoms with van der Waals surface area (Å²) in [7, 11) is -3.74. The van der Waals surface area contributed by atoms with Crippen LogP contribution in [0.5, 0.6) is 5.75 Å². The molecule has 0 saturated heterocycles. The Kier molecular flexibility index (Phi) is 6.60. The van der Waals surface area contributed by atoms with Crippen molar-refractivity contribution in [3.05, 3.63) is 78.1 Å². The fourth-order valence-electron chi connectivity index (χ4n) is 3.67. The molecular formula is C25H25N3O6S. The summed E-state index contributed by atoms with van der Waals surface area (Å²) in [6.45, 7) is 1.14. The Labute approximate surface area is 202 Å². The van der Waals surface area contributed by atoms with Crippen LogP contribution in [0.2, 0.25) is 0 Å². The minimum atomic E-state index is -3.74. The molecule has 35 heavy (non-hydrogen) atoms. The number of hydrogen-bond donors (Lipinski definition) is 3. The highest BCUT2D eigenvalue weighted by atomic mass is 32.2. The number of nitrogens with zero attached hydrogens (tertiary/aromatic N) is 2. The van der Waals surface area contributed by atoms with Gasteiger partial charge in [0.1, 0.15) is 17.5 Å². The number of phenolic OH excluding ortho intramolecular Hbond substituents is 1. The Balaban J connectivity index is 1.51. The van der Waals surface area contributed by atoms with Gasteiger partial charge in [-0.1, -0.05) is 41.6 Å². The first kappa shape index (κ1) is 24.4. The molecule has 4 aromatic rings. The molecule has 9 nitrogen and oxygen atoms in total. The molecule has 0 aliphatic carbocycles. The molecule has 4 rings (SSSR count). The first-order chi connectivity index (χ1) is 16.6. The van der Waals surface area contributed by atoms with Crippen molar-refractivity contribution in [3.63, 3.8) is 0 Å². The molecule has 1 amide bonds. The third-order valence-corrected chi connectivity index (χ3v) is 8.11. The van der Waals surface area contributed by atoms with Crippen molar-refractivity contribution in [2.24, 2.45) is 0 Å². The lowest BCUT2D eigenvalue weighted by Crippen LogP contribution is -2.47. The second kappa shape index (κ2) is 9.47. The van der Waals surface area contributed by atoms with Crippen molar-refractivity contribution in [2.75, 3.05) is 12.8 Å². The molecule has 0 radical (unpaired) electrons. The molecule has 0 fully saturated rings. The SMILES string of the molecule is CC(CNC(=O)c1ccccc1O)(CC(O)c1cc(-c2ccc3ccccc3n2)no1)S(C)(=O)=O. The standard InChI is InChI=1S/C25H25N3O6S/c1-25(35(2,32)33,15-26-24(31)17-8-4-6-10-21(17)29)14-22(30)23-13-20(28-34-23)19-12-11-16-7-3-5-9-18(16)27-19/h3-13,22,29-30H,14-15H2,1-2H3,(H,26,31). The Hall–Kier alpha value is -3.76. The summed E-state index contributed by atoms with van der Waals surface area (Å²) >= 11 is 0. The number of nitrogens with one attached hydrogen (secondary N) is 1. The van der Waals surface area contributed by atoms with Gasteiger partial charge in [0.25, 0.3) is 5.91 Å². The van der Waals surface area contributed by atoms with Crippen LogP contribution in [0.1, 0.15) is 35.6 Å². The summed E-state index contributed by atoms with van der Waals surface area (Å²) in [5.74, 6) is -0.767. The van der Waals surface area contributed by atoms with Crippen LogP contribution in [0.3, 0.4) is 0 Å². The molecule has 182 valence electrons. The molecular weight excluding hydrogens is 470 g/mol. The highest BCUT2D eigenvalue weighted by Gasteiger charge is 2.39. The molecule has 0 saturated carbocycles. The van der Waals surface area contributed by atoms with Crippen LogP contribution >= 0.6 is 0 Å². The van der Waals surface area contributed by atoms with Crippen molar-refractivity contribution in [3.8, 4) is 17.1 Å². The van der Waals surface area contributed by atoms with Gasteiger partial charge >= 0.3 is 0 Å². The van der Waals surface area contributed by atoms with Crippen molar-refractivity contribution in [1.29, 1.82) is 0 Å². The van der Waals surface area contributed by atoms with E-state index in [9.17, 15) is 23.4 Å². The van der Waals surface area contributed by atoms with Crippen LogP contribution in [-0.4, -0.2) is 52.2 Å². The Bertz CT molecular complexity index is 1480. The van der Waals surface area contributed by atoms with Crippen molar-refractivity contribution in [1.82, 2.24) is 15.5 Å². The average Bonchev–Trinajstić information content (AvgIpc) is 3.32. The number of rotatable bonds is 8. The van der Waals surface area contributed by atoms with Gasteiger partial charge in [-0.3, -0.25) is 4.79 Å². The van der Waals surface area contributed by atoms with Gasteiger partial charge in [-0.2, -0.15) is 0 Å². The Morgan fingerprint density at radius 2 is 1.80 bits per heavy atom. The van der Waals surface area contributed by atoms with Gasteiger partial charge in [-0.25, -0.2) is 13.4 Å². The van der Waals surface area contributed by atoms with Gasteiger partial charge in [0, 0.05) is 30.7 Å². The van der Waals surface area contributed by atoms with E-state index in [1.54, 1.807) is 18.2 Å². The first-order valence-corrected chi connectivity index (χ1v) is 12.7. The number of aromatic nitrogens is 2. The van der Waals surface area contributed by atoms with E-state index in [1.165, 1.54) is 25.1 Å². The van der Waals surface area contributed by atoms with Crippen LogP contribution in [0.25, 0.3) is 22.3 Å². The molecule has 0 bridgehead atoms.